The normalized spacial score (nSPS) is 16.9. The van der Waals surface area contributed by atoms with E-state index in [1.165, 1.54) is 9.87 Å². The molecule has 2 rings (SSSR count). The molecule has 1 saturated heterocycles. The summed E-state index contributed by atoms with van der Waals surface area (Å²) in [5, 5.41) is 2.99. The molecule has 0 radical (unpaired) electrons. The van der Waals surface area contributed by atoms with Crippen molar-refractivity contribution in [3.05, 3.63) is 35.9 Å². The second-order valence-corrected chi connectivity index (χ2v) is 8.46. The van der Waals surface area contributed by atoms with Crippen LogP contribution in [0.2, 0.25) is 0 Å². The number of amides is 1. The highest BCUT2D eigenvalue weighted by molar-refractivity contribution is 7.89. The third-order valence-corrected chi connectivity index (χ3v) is 6.54. The number of benzene rings is 1. The van der Waals surface area contributed by atoms with E-state index >= 15 is 0 Å². The van der Waals surface area contributed by atoms with E-state index in [9.17, 15) is 13.2 Å². The monoisotopic (exact) mass is 352 g/mol. The maximum absolute atomic E-state index is 12.2. The van der Waals surface area contributed by atoms with Crippen molar-refractivity contribution < 1.29 is 13.2 Å². The number of rotatable bonds is 8. The molecular formula is C18H28N2O3S. The summed E-state index contributed by atoms with van der Waals surface area (Å²) >= 11 is 0. The van der Waals surface area contributed by atoms with E-state index in [0.29, 0.717) is 38.9 Å². The van der Waals surface area contributed by atoms with Crippen LogP contribution in [0.4, 0.5) is 0 Å². The summed E-state index contributed by atoms with van der Waals surface area (Å²) in [7, 11) is -3.13. The van der Waals surface area contributed by atoms with Crippen LogP contribution < -0.4 is 5.32 Å². The summed E-state index contributed by atoms with van der Waals surface area (Å²) in [4.78, 5) is 12.2. The van der Waals surface area contributed by atoms with E-state index in [0.717, 1.165) is 12.8 Å². The zero-order valence-corrected chi connectivity index (χ0v) is 15.2. The molecule has 1 aromatic rings. The van der Waals surface area contributed by atoms with Crippen LogP contribution in [0.15, 0.2) is 30.3 Å². The highest BCUT2D eigenvalue weighted by Crippen LogP contribution is 2.20. The van der Waals surface area contributed by atoms with Crippen molar-refractivity contribution in [1.29, 1.82) is 0 Å². The summed E-state index contributed by atoms with van der Waals surface area (Å²) in [6, 6.07) is 10.2. The lowest BCUT2D eigenvalue weighted by Crippen LogP contribution is -2.43. The van der Waals surface area contributed by atoms with E-state index < -0.39 is 10.0 Å². The fourth-order valence-electron chi connectivity index (χ4n) is 3.08. The molecule has 1 N–H and O–H groups in total. The van der Waals surface area contributed by atoms with Crippen molar-refractivity contribution in [2.24, 2.45) is 5.92 Å². The van der Waals surface area contributed by atoms with Crippen LogP contribution in [0, 0.1) is 5.92 Å². The number of nitrogens with one attached hydrogen (secondary N) is 1. The Labute approximate surface area is 145 Å². The van der Waals surface area contributed by atoms with Gasteiger partial charge >= 0.3 is 0 Å². The summed E-state index contributed by atoms with van der Waals surface area (Å²) in [6.07, 6.45) is 3.74. The minimum absolute atomic E-state index is 0.0604. The largest absolute Gasteiger partial charge is 0.356 e. The van der Waals surface area contributed by atoms with Crippen LogP contribution in [0.25, 0.3) is 0 Å². The van der Waals surface area contributed by atoms with Crippen LogP contribution in [-0.4, -0.2) is 44.0 Å². The van der Waals surface area contributed by atoms with Gasteiger partial charge < -0.3 is 5.32 Å². The lowest BCUT2D eigenvalue weighted by molar-refractivity contribution is -0.126. The van der Waals surface area contributed by atoms with Crippen molar-refractivity contribution in [3.63, 3.8) is 0 Å². The second-order valence-electron chi connectivity index (χ2n) is 6.37. The number of hydrogen-bond acceptors (Lipinski definition) is 3. The predicted octanol–water partition coefficient (Wildman–Crippen LogP) is 2.19. The highest BCUT2D eigenvalue weighted by Gasteiger charge is 2.30. The third kappa shape index (κ3) is 5.60. The smallest absolute Gasteiger partial charge is 0.223 e. The fraction of sp³-hybridized carbons (Fsp3) is 0.611. The lowest BCUT2D eigenvalue weighted by atomic mass is 9.97. The molecule has 0 atom stereocenters. The first-order chi connectivity index (χ1) is 11.5. The van der Waals surface area contributed by atoms with E-state index in [4.69, 9.17) is 0 Å². The Morgan fingerprint density at radius 1 is 1.21 bits per heavy atom. The van der Waals surface area contributed by atoms with Gasteiger partial charge in [0, 0.05) is 25.6 Å². The molecule has 0 saturated carbocycles. The minimum atomic E-state index is -3.13. The average molecular weight is 353 g/mol. The molecule has 5 nitrogen and oxygen atoms in total. The molecule has 1 aliphatic heterocycles. The van der Waals surface area contributed by atoms with E-state index in [1.54, 1.807) is 0 Å². The standard InChI is InChI=1S/C18H28N2O3S/c1-2-15-24(22,23)20-13-10-17(11-14-20)18(21)19-12-6-9-16-7-4-3-5-8-16/h3-5,7-8,17H,2,6,9-15H2,1H3,(H,19,21). The van der Waals surface area contributed by atoms with Crippen LogP contribution in [0.5, 0.6) is 0 Å². The number of hydrogen-bond donors (Lipinski definition) is 1. The molecule has 0 aliphatic carbocycles. The molecule has 6 heteroatoms. The summed E-state index contributed by atoms with van der Waals surface area (Å²) < 4.78 is 25.6. The molecular weight excluding hydrogens is 324 g/mol. The average Bonchev–Trinajstić information content (AvgIpc) is 2.59. The van der Waals surface area contributed by atoms with Crippen LogP contribution in [0.1, 0.15) is 38.2 Å². The zero-order valence-electron chi connectivity index (χ0n) is 14.4. The quantitative estimate of drug-likeness (QED) is 0.729. The predicted molar refractivity (Wildman–Crippen MR) is 96.1 cm³/mol. The van der Waals surface area contributed by atoms with Gasteiger partial charge in [0.05, 0.1) is 5.75 Å². The Bertz CT molecular complexity index is 608. The molecule has 1 aliphatic rings. The fourth-order valence-corrected chi connectivity index (χ4v) is 4.62. The van der Waals surface area contributed by atoms with E-state index in [1.807, 2.05) is 25.1 Å². The van der Waals surface area contributed by atoms with Gasteiger partial charge in [-0.25, -0.2) is 12.7 Å². The molecule has 1 aromatic carbocycles. The van der Waals surface area contributed by atoms with Gasteiger partial charge in [-0.15, -0.1) is 0 Å². The Balaban J connectivity index is 1.67. The van der Waals surface area contributed by atoms with Crippen molar-refractivity contribution in [1.82, 2.24) is 9.62 Å². The Morgan fingerprint density at radius 2 is 1.88 bits per heavy atom. The van der Waals surface area contributed by atoms with Gasteiger partial charge in [-0.2, -0.15) is 0 Å². The number of nitrogens with zero attached hydrogens (tertiary/aromatic N) is 1. The SMILES string of the molecule is CCCS(=O)(=O)N1CCC(C(=O)NCCCc2ccccc2)CC1. The molecule has 24 heavy (non-hydrogen) atoms. The summed E-state index contributed by atoms with van der Waals surface area (Å²) in [5.74, 6) is 0.203. The molecule has 1 amide bonds. The van der Waals surface area contributed by atoms with E-state index in [2.05, 4.69) is 17.4 Å². The van der Waals surface area contributed by atoms with Gasteiger partial charge in [-0.3, -0.25) is 4.79 Å². The Kier molecular flexibility index (Phi) is 7.24. The van der Waals surface area contributed by atoms with Gasteiger partial charge in [0.15, 0.2) is 0 Å². The molecule has 0 bridgehead atoms. The van der Waals surface area contributed by atoms with E-state index in [-0.39, 0.29) is 17.6 Å². The number of piperidine rings is 1. The van der Waals surface area contributed by atoms with Gasteiger partial charge in [0.25, 0.3) is 0 Å². The second kappa shape index (κ2) is 9.18. The van der Waals surface area contributed by atoms with Crippen molar-refractivity contribution in [2.45, 2.75) is 39.0 Å². The molecule has 1 heterocycles. The maximum Gasteiger partial charge on any atom is 0.223 e. The Hall–Kier alpha value is -1.40. The third-order valence-electron chi connectivity index (χ3n) is 4.46. The van der Waals surface area contributed by atoms with Crippen LogP contribution in [-0.2, 0) is 21.2 Å². The van der Waals surface area contributed by atoms with Gasteiger partial charge in [0.1, 0.15) is 0 Å². The lowest BCUT2D eigenvalue weighted by Gasteiger charge is -2.30. The Morgan fingerprint density at radius 3 is 2.50 bits per heavy atom. The first-order valence-corrected chi connectivity index (χ1v) is 10.4. The molecule has 0 unspecified atom stereocenters. The first-order valence-electron chi connectivity index (χ1n) is 8.82. The molecule has 134 valence electrons. The zero-order chi connectivity index (χ0) is 17.4. The number of aryl methyl sites for hydroxylation is 1. The molecule has 0 spiro atoms. The van der Waals surface area contributed by atoms with Crippen molar-refractivity contribution in [3.8, 4) is 0 Å². The van der Waals surface area contributed by atoms with Crippen LogP contribution >= 0.6 is 0 Å². The number of carbonyl (C=O) groups excluding carboxylic acids is 1. The van der Waals surface area contributed by atoms with Gasteiger partial charge in [-0.1, -0.05) is 37.3 Å². The first kappa shape index (κ1) is 18.9. The minimum Gasteiger partial charge on any atom is -0.356 e. The molecule has 1 fully saturated rings. The maximum atomic E-state index is 12.2. The van der Waals surface area contributed by atoms with Crippen LogP contribution in [0.3, 0.4) is 0 Å². The van der Waals surface area contributed by atoms with Gasteiger partial charge in [-0.05, 0) is 37.7 Å². The number of sulfonamides is 1. The molecule has 0 aromatic heterocycles. The highest BCUT2D eigenvalue weighted by atomic mass is 32.2. The summed E-state index contributed by atoms with van der Waals surface area (Å²) in [6.45, 7) is 3.46. The van der Waals surface area contributed by atoms with Crippen molar-refractivity contribution in [2.75, 3.05) is 25.4 Å². The van der Waals surface area contributed by atoms with Crippen molar-refractivity contribution >= 4 is 15.9 Å². The number of carbonyl (C=O) groups is 1. The van der Waals surface area contributed by atoms with Gasteiger partial charge in [0.2, 0.25) is 15.9 Å². The topological polar surface area (TPSA) is 66.5 Å². The summed E-state index contributed by atoms with van der Waals surface area (Å²) in [5.41, 5.74) is 1.28.